The minimum atomic E-state index is -0.793. The molecule has 0 aliphatic carbocycles. The van der Waals surface area contributed by atoms with E-state index in [4.69, 9.17) is 5.11 Å². The number of carboxylic acids is 1. The van der Waals surface area contributed by atoms with Crippen LogP contribution in [0.4, 0.5) is 5.69 Å². The number of carbonyl (C=O) groups is 1. The number of hydrogen-bond donors (Lipinski definition) is 1. The summed E-state index contributed by atoms with van der Waals surface area (Å²) in [6, 6.07) is 8.19. The van der Waals surface area contributed by atoms with Crippen molar-refractivity contribution < 1.29 is 9.90 Å². The van der Waals surface area contributed by atoms with E-state index in [1.807, 2.05) is 36.1 Å². The van der Waals surface area contributed by atoms with Crippen molar-refractivity contribution in [1.82, 2.24) is 0 Å². The molecule has 0 heterocycles. The Hall–Kier alpha value is -1.51. The van der Waals surface area contributed by atoms with E-state index in [0.717, 1.165) is 5.69 Å². The van der Waals surface area contributed by atoms with Crippen molar-refractivity contribution in [2.24, 2.45) is 5.92 Å². The smallest absolute Gasteiger partial charge is 0.323 e. The Labute approximate surface area is 103 Å². The molecule has 0 aliphatic heterocycles. The SMILES string of the molecule is Cc1ccc(N(CC(=O)O)C(C)C(C)C)cc1. The topological polar surface area (TPSA) is 40.5 Å². The molecular formula is C14H21NO2. The number of benzene rings is 1. The summed E-state index contributed by atoms with van der Waals surface area (Å²) >= 11 is 0. The van der Waals surface area contributed by atoms with E-state index in [1.165, 1.54) is 5.56 Å². The van der Waals surface area contributed by atoms with Gasteiger partial charge in [-0.2, -0.15) is 0 Å². The van der Waals surface area contributed by atoms with Gasteiger partial charge in [-0.25, -0.2) is 0 Å². The highest BCUT2D eigenvalue weighted by atomic mass is 16.4. The van der Waals surface area contributed by atoms with Crippen molar-refractivity contribution in [3.63, 3.8) is 0 Å². The number of nitrogens with zero attached hydrogens (tertiary/aromatic N) is 1. The summed E-state index contributed by atoms with van der Waals surface area (Å²) in [5, 5.41) is 8.99. The first kappa shape index (κ1) is 13.6. The molecule has 1 atom stereocenters. The van der Waals surface area contributed by atoms with Crippen LogP contribution in [0.2, 0.25) is 0 Å². The molecule has 3 nitrogen and oxygen atoms in total. The predicted octanol–water partition coefficient (Wildman–Crippen LogP) is 2.93. The van der Waals surface area contributed by atoms with Crippen molar-refractivity contribution in [2.75, 3.05) is 11.4 Å². The molecule has 1 unspecified atom stereocenters. The Balaban J connectivity index is 2.97. The third-order valence-electron chi connectivity index (χ3n) is 3.13. The zero-order chi connectivity index (χ0) is 13.0. The summed E-state index contributed by atoms with van der Waals surface area (Å²) in [5.41, 5.74) is 2.15. The molecule has 0 bridgehead atoms. The lowest BCUT2D eigenvalue weighted by Crippen LogP contribution is -2.40. The second-order valence-electron chi connectivity index (χ2n) is 4.84. The monoisotopic (exact) mass is 235 g/mol. The van der Waals surface area contributed by atoms with Crippen LogP contribution in [-0.4, -0.2) is 23.7 Å². The Bertz CT molecular complexity index is 370. The Kier molecular flexibility index (Phi) is 4.55. The molecular weight excluding hydrogens is 214 g/mol. The Morgan fingerprint density at radius 2 is 1.76 bits per heavy atom. The maximum absolute atomic E-state index is 10.9. The standard InChI is InChI=1S/C14H21NO2/c1-10(2)12(4)15(9-14(16)17)13-7-5-11(3)6-8-13/h5-8,10,12H,9H2,1-4H3,(H,16,17). The van der Waals surface area contributed by atoms with Gasteiger partial charge in [-0.15, -0.1) is 0 Å². The van der Waals surface area contributed by atoms with Crippen LogP contribution in [0.15, 0.2) is 24.3 Å². The second kappa shape index (κ2) is 5.71. The molecule has 0 radical (unpaired) electrons. The van der Waals surface area contributed by atoms with Gasteiger partial charge in [0.15, 0.2) is 0 Å². The van der Waals surface area contributed by atoms with E-state index in [1.54, 1.807) is 0 Å². The summed E-state index contributed by atoms with van der Waals surface area (Å²) in [6.45, 7) is 8.34. The minimum absolute atomic E-state index is 0.0441. The third kappa shape index (κ3) is 3.77. The van der Waals surface area contributed by atoms with Gasteiger partial charge in [0.05, 0.1) is 0 Å². The van der Waals surface area contributed by atoms with E-state index < -0.39 is 5.97 Å². The third-order valence-corrected chi connectivity index (χ3v) is 3.13. The van der Waals surface area contributed by atoms with Crippen molar-refractivity contribution in [2.45, 2.75) is 33.7 Å². The molecule has 0 saturated heterocycles. The predicted molar refractivity (Wildman–Crippen MR) is 70.5 cm³/mol. The average molecular weight is 235 g/mol. The first-order valence-electron chi connectivity index (χ1n) is 5.97. The zero-order valence-electron chi connectivity index (χ0n) is 11.0. The lowest BCUT2D eigenvalue weighted by atomic mass is 10.0. The van der Waals surface area contributed by atoms with Crippen LogP contribution in [0.1, 0.15) is 26.3 Å². The molecule has 1 aromatic carbocycles. The molecule has 94 valence electrons. The van der Waals surface area contributed by atoms with Crippen LogP contribution in [0.5, 0.6) is 0 Å². The molecule has 0 spiro atoms. The Morgan fingerprint density at radius 3 is 2.18 bits per heavy atom. The number of aryl methyl sites for hydroxylation is 1. The lowest BCUT2D eigenvalue weighted by Gasteiger charge is -2.32. The van der Waals surface area contributed by atoms with Gasteiger partial charge >= 0.3 is 5.97 Å². The van der Waals surface area contributed by atoms with Crippen LogP contribution >= 0.6 is 0 Å². The molecule has 1 N–H and O–H groups in total. The molecule has 3 heteroatoms. The fourth-order valence-electron chi connectivity index (χ4n) is 1.71. The zero-order valence-corrected chi connectivity index (χ0v) is 11.0. The van der Waals surface area contributed by atoms with Crippen LogP contribution in [0.3, 0.4) is 0 Å². The summed E-state index contributed by atoms with van der Waals surface area (Å²) in [4.78, 5) is 12.9. The maximum atomic E-state index is 10.9. The number of hydrogen-bond acceptors (Lipinski definition) is 2. The molecule has 0 aliphatic rings. The molecule has 17 heavy (non-hydrogen) atoms. The number of rotatable bonds is 5. The highest BCUT2D eigenvalue weighted by molar-refractivity contribution is 5.74. The fourth-order valence-corrected chi connectivity index (χ4v) is 1.71. The lowest BCUT2D eigenvalue weighted by molar-refractivity contribution is -0.135. The molecule has 0 saturated carbocycles. The van der Waals surface area contributed by atoms with Gasteiger partial charge in [0.2, 0.25) is 0 Å². The molecule has 1 aromatic rings. The van der Waals surface area contributed by atoms with Crippen LogP contribution in [0.25, 0.3) is 0 Å². The van der Waals surface area contributed by atoms with Gasteiger partial charge in [-0.1, -0.05) is 31.5 Å². The minimum Gasteiger partial charge on any atom is -0.480 e. The summed E-state index contributed by atoms with van der Waals surface area (Å²) < 4.78 is 0. The van der Waals surface area contributed by atoms with E-state index >= 15 is 0 Å². The number of aliphatic carboxylic acids is 1. The molecule has 1 rings (SSSR count). The fraction of sp³-hybridized carbons (Fsp3) is 0.500. The van der Waals surface area contributed by atoms with E-state index in [0.29, 0.717) is 5.92 Å². The molecule has 0 amide bonds. The number of carboxylic acid groups (broad SMARTS) is 1. The number of anilines is 1. The highest BCUT2D eigenvalue weighted by Gasteiger charge is 2.19. The Morgan fingerprint density at radius 1 is 1.24 bits per heavy atom. The van der Waals surface area contributed by atoms with Crippen LogP contribution in [0, 0.1) is 12.8 Å². The van der Waals surface area contributed by atoms with Crippen molar-refractivity contribution >= 4 is 11.7 Å². The van der Waals surface area contributed by atoms with Gasteiger partial charge in [0, 0.05) is 11.7 Å². The maximum Gasteiger partial charge on any atom is 0.323 e. The van der Waals surface area contributed by atoms with Gasteiger partial charge in [0.1, 0.15) is 6.54 Å². The van der Waals surface area contributed by atoms with Crippen LogP contribution in [-0.2, 0) is 4.79 Å². The van der Waals surface area contributed by atoms with E-state index in [-0.39, 0.29) is 12.6 Å². The first-order chi connectivity index (χ1) is 7.91. The van der Waals surface area contributed by atoms with Crippen molar-refractivity contribution in [3.8, 4) is 0 Å². The van der Waals surface area contributed by atoms with Crippen molar-refractivity contribution in [3.05, 3.63) is 29.8 Å². The van der Waals surface area contributed by atoms with Gasteiger partial charge in [-0.05, 0) is 31.9 Å². The van der Waals surface area contributed by atoms with E-state index in [2.05, 4.69) is 20.8 Å². The van der Waals surface area contributed by atoms with Crippen LogP contribution < -0.4 is 4.90 Å². The summed E-state index contributed by atoms with van der Waals surface area (Å²) in [7, 11) is 0. The second-order valence-corrected chi connectivity index (χ2v) is 4.84. The van der Waals surface area contributed by atoms with Gasteiger partial charge in [-0.3, -0.25) is 4.79 Å². The van der Waals surface area contributed by atoms with Gasteiger partial charge < -0.3 is 10.0 Å². The normalized spacial score (nSPS) is 12.5. The summed E-state index contributed by atoms with van der Waals surface area (Å²) in [5.74, 6) is -0.381. The molecule has 0 aromatic heterocycles. The largest absolute Gasteiger partial charge is 0.480 e. The van der Waals surface area contributed by atoms with Gasteiger partial charge in [0.25, 0.3) is 0 Å². The average Bonchev–Trinajstić information content (AvgIpc) is 2.26. The summed E-state index contributed by atoms with van der Waals surface area (Å²) in [6.07, 6.45) is 0. The molecule has 0 fully saturated rings. The quantitative estimate of drug-likeness (QED) is 0.853. The van der Waals surface area contributed by atoms with E-state index in [9.17, 15) is 4.79 Å². The highest BCUT2D eigenvalue weighted by Crippen LogP contribution is 2.21. The first-order valence-corrected chi connectivity index (χ1v) is 5.97. The van der Waals surface area contributed by atoms with Crippen molar-refractivity contribution in [1.29, 1.82) is 0 Å².